The highest BCUT2D eigenvalue weighted by Crippen LogP contribution is 2.26. The minimum absolute atomic E-state index is 0.121. The summed E-state index contributed by atoms with van der Waals surface area (Å²) in [5.74, 6) is 1.30. The summed E-state index contributed by atoms with van der Waals surface area (Å²) in [6.45, 7) is 2.69. The number of amides is 2. The number of carbonyl (C=O) groups excluding carboxylic acids is 1. The van der Waals surface area contributed by atoms with Gasteiger partial charge in [0.2, 0.25) is 0 Å². The molecule has 0 saturated carbocycles. The lowest BCUT2D eigenvalue weighted by Gasteiger charge is -2.25. The Morgan fingerprint density at radius 3 is 2.95 bits per heavy atom. The molecule has 0 bridgehead atoms. The first-order chi connectivity index (χ1) is 10.3. The largest absolute Gasteiger partial charge is 0.493 e. The third-order valence-corrected chi connectivity index (χ3v) is 4.02. The van der Waals surface area contributed by atoms with Gasteiger partial charge in [0.1, 0.15) is 5.75 Å². The van der Waals surface area contributed by atoms with Crippen LogP contribution in [-0.4, -0.2) is 38.4 Å². The molecule has 5 nitrogen and oxygen atoms in total. The number of benzene rings is 1. The molecule has 2 heterocycles. The van der Waals surface area contributed by atoms with Crippen molar-refractivity contribution >= 4 is 6.03 Å². The molecule has 1 aromatic carbocycles. The molecule has 1 aromatic rings. The number of nitrogens with one attached hydrogen (secondary N) is 2. The highest BCUT2D eigenvalue weighted by atomic mass is 16.5. The Morgan fingerprint density at radius 2 is 2.10 bits per heavy atom. The lowest BCUT2D eigenvalue weighted by molar-refractivity contribution is 0.111. The van der Waals surface area contributed by atoms with Crippen molar-refractivity contribution in [3.8, 4) is 5.75 Å². The van der Waals surface area contributed by atoms with Crippen molar-refractivity contribution in [2.75, 3.05) is 26.3 Å². The molecule has 2 aliphatic rings. The van der Waals surface area contributed by atoms with Crippen molar-refractivity contribution < 1.29 is 14.3 Å². The van der Waals surface area contributed by atoms with Gasteiger partial charge >= 0.3 is 6.03 Å². The van der Waals surface area contributed by atoms with Crippen LogP contribution in [0.5, 0.6) is 5.75 Å². The molecule has 114 valence electrons. The van der Waals surface area contributed by atoms with Crippen LogP contribution in [0, 0.1) is 5.92 Å². The number of hydrogen-bond acceptors (Lipinski definition) is 3. The van der Waals surface area contributed by atoms with Gasteiger partial charge in [-0.3, -0.25) is 0 Å². The Hall–Kier alpha value is -1.75. The van der Waals surface area contributed by atoms with Crippen LogP contribution in [0.1, 0.15) is 18.4 Å². The van der Waals surface area contributed by atoms with E-state index in [-0.39, 0.29) is 12.1 Å². The molecule has 1 saturated heterocycles. The van der Waals surface area contributed by atoms with Crippen LogP contribution >= 0.6 is 0 Å². The van der Waals surface area contributed by atoms with E-state index in [1.54, 1.807) is 0 Å². The maximum absolute atomic E-state index is 11.8. The van der Waals surface area contributed by atoms with E-state index in [0.717, 1.165) is 31.6 Å². The quantitative estimate of drug-likeness (QED) is 0.887. The first-order valence-corrected chi connectivity index (χ1v) is 7.65. The highest BCUT2D eigenvalue weighted by molar-refractivity contribution is 5.73. The molecule has 1 fully saturated rings. The molecule has 0 aliphatic carbocycles. The molecule has 2 atom stereocenters. The Bertz CT molecular complexity index is 486. The van der Waals surface area contributed by atoms with Crippen LogP contribution < -0.4 is 15.4 Å². The van der Waals surface area contributed by atoms with E-state index >= 15 is 0 Å². The van der Waals surface area contributed by atoms with Gasteiger partial charge in [0.15, 0.2) is 0 Å². The standard InChI is InChI=1S/C16H22N2O3/c19-16(18-10-14-5-3-7-20-14)17-9-12-8-13-4-1-2-6-15(13)21-11-12/h1-2,4,6,12,14H,3,5,7-11H2,(H2,17,18,19)/t12-,14-/m1/s1. The van der Waals surface area contributed by atoms with Crippen LogP contribution in [0.25, 0.3) is 0 Å². The van der Waals surface area contributed by atoms with E-state index in [2.05, 4.69) is 16.7 Å². The summed E-state index contributed by atoms with van der Waals surface area (Å²) >= 11 is 0. The highest BCUT2D eigenvalue weighted by Gasteiger charge is 2.20. The monoisotopic (exact) mass is 290 g/mol. The molecule has 0 spiro atoms. The zero-order chi connectivity index (χ0) is 14.5. The lowest BCUT2D eigenvalue weighted by Crippen LogP contribution is -2.43. The Morgan fingerprint density at radius 1 is 1.24 bits per heavy atom. The summed E-state index contributed by atoms with van der Waals surface area (Å²) < 4.78 is 11.2. The van der Waals surface area contributed by atoms with Crippen molar-refractivity contribution in [3.63, 3.8) is 0 Å². The Kier molecular flexibility index (Phi) is 4.60. The second-order valence-electron chi connectivity index (χ2n) is 5.71. The minimum Gasteiger partial charge on any atom is -0.493 e. The van der Waals surface area contributed by atoms with E-state index in [9.17, 15) is 4.79 Å². The van der Waals surface area contributed by atoms with E-state index < -0.39 is 0 Å². The molecule has 0 unspecified atom stereocenters. The maximum Gasteiger partial charge on any atom is 0.314 e. The lowest BCUT2D eigenvalue weighted by atomic mass is 9.97. The van der Waals surface area contributed by atoms with Gasteiger partial charge in [0.05, 0.1) is 12.7 Å². The zero-order valence-corrected chi connectivity index (χ0v) is 12.1. The van der Waals surface area contributed by atoms with Gasteiger partial charge < -0.3 is 20.1 Å². The SMILES string of the molecule is O=C(NC[C@@H]1COc2ccccc2C1)NC[C@H]1CCCO1. The topological polar surface area (TPSA) is 59.6 Å². The minimum atomic E-state index is -0.121. The van der Waals surface area contributed by atoms with Gasteiger partial charge in [0, 0.05) is 25.6 Å². The van der Waals surface area contributed by atoms with E-state index in [4.69, 9.17) is 9.47 Å². The van der Waals surface area contributed by atoms with E-state index in [1.807, 2.05) is 18.2 Å². The van der Waals surface area contributed by atoms with Gasteiger partial charge in [-0.1, -0.05) is 18.2 Å². The summed E-state index contributed by atoms with van der Waals surface area (Å²) in [6, 6.07) is 7.96. The zero-order valence-electron chi connectivity index (χ0n) is 12.1. The number of fused-ring (bicyclic) bond motifs is 1. The normalized spacial score (nSPS) is 24.0. The summed E-state index contributed by atoms with van der Waals surface area (Å²) in [4.78, 5) is 11.8. The van der Waals surface area contributed by atoms with Crippen LogP contribution in [0.15, 0.2) is 24.3 Å². The number of hydrogen-bond donors (Lipinski definition) is 2. The molecule has 5 heteroatoms. The van der Waals surface area contributed by atoms with E-state index in [0.29, 0.717) is 25.6 Å². The van der Waals surface area contributed by atoms with Crippen molar-refractivity contribution in [1.29, 1.82) is 0 Å². The number of urea groups is 1. The van der Waals surface area contributed by atoms with Crippen LogP contribution in [0.3, 0.4) is 0 Å². The molecular weight excluding hydrogens is 268 g/mol. The van der Waals surface area contributed by atoms with Gasteiger partial charge in [-0.25, -0.2) is 4.79 Å². The summed E-state index contributed by atoms with van der Waals surface area (Å²) in [7, 11) is 0. The predicted octanol–water partition coefficient (Wildman–Crippen LogP) is 1.72. The summed E-state index contributed by atoms with van der Waals surface area (Å²) in [5, 5.41) is 5.79. The van der Waals surface area contributed by atoms with Gasteiger partial charge in [-0.2, -0.15) is 0 Å². The Labute approximate surface area is 125 Å². The van der Waals surface area contributed by atoms with Gasteiger partial charge in [-0.05, 0) is 30.9 Å². The van der Waals surface area contributed by atoms with Crippen LogP contribution in [-0.2, 0) is 11.2 Å². The molecular formula is C16H22N2O3. The van der Waals surface area contributed by atoms with Crippen molar-refractivity contribution in [3.05, 3.63) is 29.8 Å². The Balaban J connectivity index is 1.38. The predicted molar refractivity (Wildman–Crippen MR) is 79.5 cm³/mol. The van der Waals surface area contributed by atoms with Crippen molar-refractivity contribution in [2.45, 2.75) is 25.4 Å². The average Bonchev–Trinajstić information content (AvgIpc) is 3.04. The number of para-hydroxylation sites is 1. The van der Waals surface area contributed by atoms with Crippen molar-refractivity contribution in [2.24, 2.45) is 5.92 Å². The molecule has 21 heavy (non-hydrogen) atoms. The molecule has 3 rings (SSSR count). The number of ether oxygens (including phenoxy) is 2. The summed E-state index contributed by atoms with van der Waals surface area (Å²) in [6.07, 6.45) is 3.25. The van der Waals surface area contributed by atoms with Crippen LogP contribution in [0.4, 0.5) is 4.79 Å². The maximum atomic E-state index is 11.8. The molecule has 2 amide bonds. The molecule has 2 aliphatic heterocycles. The van der Waals surface area contributed by atoms with Gasteiger partial charge in [-0.15, -0.1) is 0 Å². The average molecular weight is 290 g/mol. The number of rotatable bonds is 4. The fourth-order valence-corrected chi connectivity index (χ4v) is 2.83. The molecule has 0 aromatic heterocycles. The third-order valence-electron chi connectivity index (χ3n) is 4.02. The summed E-state index contributed by atoms with van der Waals surface area (Å²) in [5.41, 5.74) is 1.22. The fourth-order valence-electron chi connectivity index (χ4n) is 2.83. The first kappa shape index (κ1) is 14.2. The molecule has 2 N–H and O–H groups in total. The first-order valence-electron chi connectivity index (χ1n) is 7.65. The molecule has 0 radical (unpaired) electrons. The second-order valence-corrected chi connectivity index (χ2v) is 5.71. The van der Waals surface area contributed by atoms with Crippen LogP contribution in [0.2, 0.25) is 0 Å². The van der Waals surface area contributed by atoms with E-state index in [1.165, 1.54) is 5.56 Å². The van der Waals surface area contributed by atoms with Crippen molar-refractivity contribution in [1.82, 2.24) is 10.6 Å². The fraction of sp³-hybridized carbons (Fsp3) is 0.562. The second kappa shape index (κ2) is 6.80. The number of carbonyl (C=O) groups is 1. The van der Waals surface area contributed by atoms with Gasteiger partial charge in [0.25, 0.3) is 0 Å². The smallest absolute Gasteiger partial charge is 0.314 e. The third kappa shape index (κ3) is 3.88.